The van der Waals surface area contributed by atoms with E-state index in [4.69, 9.17) is 0 Å². The Kier molecular flexibility index (Phi) is 5.18. The predicted molar refractivity (Wildman–Crippen MR) is 40.7 cm³/mol. The molecule has 0 fully saturated rings. The van der Waals surface area contributed by atoms with Gasteiger partial charge in [0.1, 0.15) is 6.72 Å². The Morgan fingerprint density at radius 2 is 2.25 bits per heavy atom. The molecule has 0 spiro atoms. The summed E-state index contributed by atoms with van der Waals surface area (Å²) in [5, 5.41) is 0. The van der Waals surface area contributed by atoms with Gasteiger partial charge in [0.25, 0.3) is 0 Å². The summed E-state index contributed by atoms with van der Waals surface area (Å²) in [6, 6.07) is 0. The maximum Gasteiger partial charge on any atom is 0.156 e. The molecule has 0 aliphatic rings. The average molecular weight is 132 g/mol. The molecule has 0 rings (SSSR count). The monoisotopic (exact) mass is 132 g/mol. The second kappa shape index (κ2) is 5.16. The van der Waals surface area contributed by atoms with Gasteiger partial charge in [-0.25, -0.2) is 0 Å². The van der Waals surface area contributed by atoms with Crippen LogP contribution in [0, 0.1) is 0 Å². The van der Waals surface area contributed by atoms with Crippen molar-refractivity contribution in [1.29, 1.82) is 0 Å². The fourth-order valence-electron chi connectivity index (χ4n) is 0.426. The van der Waals surface area contributed by atoms with E-state index >= 15 is 0 Å². The van der Waals surface area contributed by atoms with Crippen molar-refractivity contribution in [2.75, 3.05) is 12.8 Å². The van der Waals surface area contributed by atoms with E-state index < -0.39 is 0 Å². The predicted octanol–water partition coefficient (Wildman–Crippen LogP) is 1.78. The zero-order valence-corrected chi connectivity index (χ0v) is 6.50. The lowest BCUT2D eigenvalue weighted by Gasteiger charge is -1.90. The summed E-state index contributed by atoms with van der Waals surface area (Å²) in [6.07, 6.45) is 4.56. The molecule has 0 atom stereocenters. The van der Waals surface area contributed by atoms with Crippen LogP contribution >= 0.6 is 11.9 Å². The quantitative estimate of drug-likeness (QED) is 0.320. The number of rotatable bonds is 4. The maximum absolute atomic E-state index is 3.79. The van der Waals surface area contributed by atoms with E-state index in [0.717, 1.165) is 6.54 Å². The van der Waals surface area contributed by atoms with E-state index in [2.05, 4.69) is 13.6 Å². The van der Waals surface area contributed by atoms with Crippen LogP contribution in [-0.4, -0.2) is 23.5 Å². The minimum atomic E-state index is 1.11. The normalized spacial score (nSPS) is 9.25. The zero-order valence-electron chi connectivity index (χ0n) is 5.68. The molecule has 0 aromatic heterocycles. The molecule has 2 heteroatoms. The van der Waals surface area contributed by atoms with Gasteiger partial charge in [0.2, 0.25) is 0 Å². The molecule has 0 amide bonds. The van der Waals surface area contributed by atoms with E-state index in [0.29, 0.717) is 0 Å². The molecule has 0 unspecified atom stereocenters. The summed E-state index contributed by atoms with van der Waals surface area (Å²) in [4.78, 5) is 0. The van der Waals surface area contributed by atoms with E-state index in [9.17, 15) is 0 Å². The largest absolute Gasteiger partial charge is 0.173 e. The molecule has 1 nitrogen and oxygen atoms in total. The topological polar surface area (TPSA) is 3.01 Å². The van der Waals surface area contributed by atoms with Crippen molar-refractivity contribution in [2.45, 2.75) is 19.8 Å². The van der Waals surface area contributed by atoms with Crippen LogP contribution in [0.4, 0.5) is 0 Å². The average Bonchev–Trinajstić information content (AvgIpc) is 1.83. The van der Waals surface area contributed by atoms with Gasteiger partial charge in [-0.15, -0.1) is 0 Å². The van der Waals surface area contributed by atoms with E-state index in [1.807, 2.05) is 10.2 Å². The smallest absolute Gasteiger partial charge is 0.156 e. The molecule has 0 saturated heterocycles. The zero-order chi connectivity index (χ0) is 6.41. The first-order valence-electron chi connectivity index (χ1n) is 2.93. The van der Waals surface area contributed by atoms with Crippen molar-refractivity contribution in [3.8, 4) is 0 Å². The third-order valence-electron chi connectivity index (χ3n) is 1.02. The van der Waals surface area contributed by atoms with Crippen LogP contribution in [0.3, 0.4) is 0 Å². The first-order valence-corrected chi connectivity index (χ1v) is 4.11. The second-order valence-corrected chi connectivity index (χ2v) is 2.62. The molecule has 0 aromatic rings. The van der Waals surface area contributed by atoms with E-state index in [-0.39, 0.29) is 0 Å². The fourth-order valence-corrected chi connectivity index (χ4v) is 0.737. The second-order valence-electron chi connectivity index (χ2n) is 1.74. The van der Waals surface area contributed by atoms with E-state index in [1.165, 1.54) is 12.8 Å². The van der Waals surface area contributed by atoms with Crippen molar-refractivity contribution < 1.29 is 3.98 Å². The Balaban J connectivity index is 2.99. The molecule has 0 aliphatic heterocycles. The summed E-state index contributed by atoms with van der Waals surface area (Å²) in [6.45, 7) is 7.09. The van der Waals surface area contributed by atoms with E-state index in [1.54, 1.807) is 11.9 Å². The highest BCUT2D eigenvalue weighted by Gasteiger charge is 1.94. The Morgan fingerprint density at radius 3 is 2.62 bits per heavy atom. The Hall–Kier alpha value is 0.0200. The van der Waals surface area contributed by atoms with Gasteiger partial charge in [0, 0.05) is 12.7 Å². The summed E-state index contributed by atoms with van der Waals surface area (Å²) >= 11 is 1.69. The molecular formula is C6H14NS+. The lowest BCUT2D eigenvalue weighted by Crippen LogP contribution is -1.99. The first kappa shape index (κ1) is 8.02. The van der Waals surface area contributed by atoms with Gasteiger partial charge in [-0.1, -0.05) is 13.3 Å². The maximum atomic E-state index is 3.79. The van der Waals surface area contributed by atoms with Crippen LogP contribution in [0.15, 0.2) is 0 Å². The SMILES string of the molecule is C=[N+](CCCC)SC. The standard InChI is InChI=1S/C6H14NS/c1-4-5-6-7(2)8-3/h2,4-6H2,1,3H3/q+1. The third-order valence-corrected chi connectivity index (χ3v) is 1.72. The Morgan fingerprint density at radius 1 is 1.62 bits per heavy atom. The molecular weight excluding hydrogens is 118 g/mol. The Bertz CT molecular complexity index is 70.9. The summed E-state index contributed by atoms with van der Waals surface area (Å²) < 4.78 is 2.00. The van der Waals surface area contributed by atoms with Crippen LogP contribution < -0.4 is 0 Å². The molecule has 8 heavy (non-hydrogen) atoms. The third kappa shape index (κ3) is 4.19. The molecule has 0 radical (unpaired) electrons. The van der Waals surface area contributed by atoms with Gasteiger partial charge in [0.15, 0.2) is 18.5 Å². The Labute approximate surface area is 55.9 Å². The van der Waals surface area contributed by atoms with Crippen LogP contribution in [0.1, 0.15) is 19.8 Å². The number of hydrogen-bond acceptors (Lipinski definition) is 1. The van der Waals surface area contributed by atoms with Crippen molar-refractivity contribution in [3.05, 3.63) is 0 Å². The van der Waals surface area contributed by atoms with Crippen molar-refractivity contribution in [3.63, 3.8) is 0 Å². The molecule has 48 valence electrons. The van der Waals surface area contributed by atoms with Crippen LogP contribution in [0.2, 0.25) is 0 Å². The molecule has 0 aliphatic carbocycles. The van der Waals surface area contributed by atoms with Crippen molar-refractivity contribution >= 4 is 18.7 Å². The number of unbranched alkanes of at least 4 members (excludes halogenated alkanes) is 1. The van der Waals surface area contributed by atoms with Gasteiger partial charge < -0.3 is 0 Å². The minimum absolute atomic E-state index is 1.11. The van der Waals surface area contributed by atoms with Crippen molar-refractivity contribution in [2.24, 2.45) is 0 Å². The first-order chi connectivity index (χ1) is 3.81. The molecule has 0 saturated carbocycles. The van der Waals surface area contributed by atoms with Crippen LogP contribution in [-0.2, 0) is 0 Å². The molecule has 0 heterocycles. The van der Waals surface area contributed by atoms with Crippen LogP contribution in [0.25, 0.3) is 0 Å². The fraction of sp³-hybridized carbons (Fsp3) is 0.833. The minimum Gasteiger partial charge on any atom is -0.173 e. The van der Waals surface area contributed by atoms with Gasteiger partial charge in [-0.3, -0.25) is 0 Å². The van der Waals surface area contributed by atoms with Gasteiger partial charge in [-0.2, -0.15) is 3.98 Å². The molecule has 0 bridgehead atoms. The lowest BCUT2D eigenvalue weighted by molar-refractivity contribution is -0.337. The van der Waals surface area contributed by atoms with Gasteiger partial charge in [0.05, 0.1) is 0 Å². The number of hydrogen-bond donors (Lipinski definition) is 0. The van der Waals surface area contributed by atoms with Gasteiger partial charge in [-0.05, 0) is 0 Å². The van der Waals surface area contributed by atoms with Gasteiger partial charge >= 0.3 is 0 Å². The number of nitrogens with zero attached hydrogens (tertiary/aromatic N) is 1. The molecule has 0 aromatic carbocycles. The summed E-state index contributed by atoms with van der Waals surface area (Å²) in [5.74, 6) is 0. The lowest BCUT2D eigenvalue weighted by atomic mass is 10.3. The highest BCUT2D eigenvalue weighted by Crippen LogP contribution is 1.95. The van der Waals surface area contributed by atoms with Crippen molar-refractivity contribution in [1.82, 2.24) is 0 Å². The summed E-state index contributed by atoms with van der Waals surface area (Å²) in [5.41, 5.74) is 0. The summed E-state index contributed by atoms with van der Waals surface area (Å²) in [7, 11) is 0. The highest BCUT2D eigenvalue weighted by molar-refractivity contribution is 7.92. The highest BCUT2D eigenvalue weighted by atomic mass is 32.2. The molecule has 0 N–H and O–H groups in total. The van der Waals surface area contributed by atoms with Crippen LogP contribution in [0.5, 0.6) is 0 Å².